The van der Waals surface area contributed by atoms with Gasteiger partial charge in [0.25, 0.3) is 0 Å². The zero-order valence-corrected chi connectivity index (χ0v) is 26.7. The van der Waals surface area contributed by atoms with Crippen LogP contribution < -0.4 is 0 Å². The van der Waals surface area contributed by atoms with Crippen LogP contribution in [0.1, 0.15) is 5.56 Å². The fourth-order valence-corrected chi connectivity index (χ4v) is 4.34. The maximum Gasteiger partial charge on any atom is 3.00 e. The van der Waals surface area contributed by atoms with E-state index in [-0.39, 0.29) is 20.1 Å². The Bertz CT molecular complexity index is 1630. The van der Waals surface area contributed by atoms with Gasteiger partial charge < -0.3 is 15.0 Å². The second-order valence-corrected chi connectivity index (χ2v) is 9.51. The summed E-state index contributed by atoms with van der Waals surface area (Å²) in [5.74, 6) is 0. The van der Waals surface area contributed by atoms with Crippen molar-refractivity contribution in [2.24, 2.45) is 0 Å². The van der Waals surface area contributed by atoms with E-state index in [1.807, 2.05) is 134 Å². The van der Waals surface area contributed by atoms with Crippen molar-refractivity contribution < 1.29 is 20.1 Å². The van der Waals surface area contributed by atoms with Gasteiger partial charge in [-0.05, 0) is 47.3 Å². The molecule has 44 heavy (non-hydrogen) atoms. The van der Waals surface area contributed by atoms with Crippen molar-refractivity contribution in [3.63, 3.8) is 0 Å². The fraction of sp³-hybridized carbons (Fsp3) is 0.0250. The van der Waals surface area contributed by atoms with E-state index >= 15 is 0 Å². The van der Waals surface area contributed by atoms with Crippen LogP contribution in [0.2, 0.25) is 0 Å². The molecule has 0 unspecified atom stereocenters. The van der Waals surface area contributed by atoms with Crippen LogP contribution in [-0.4, -0.2) is 15.0 Å². The van der Waals surface area contributed by atoms with Gasteiger partial charge in [0.05, 0.1) is 0 Å². The van der Waals surface area contributed by atoms with Crippen molar-refractivity contribution in [3.05, 3.63) is 188 Å². The number of rotatable bonds is 4. The molecule has 0 fully saturated rings. The number of nitrogens with zero attached hydrogens (tertiary/aromatic N) is 3. The largest absolute Gasteiger partial charge is 3.00 e. The number of aryl methyl sites for hydroxylation is 1. The topological polar surface area (TPSA) is 38.7 Å². The zero-order chi connectivity index (χ0) is 29.5. The molecule has 0 aliphatic rings. The van der Waals surface area contributed by atoms with Gasteiger partial charge in [0.1, 0.15) is 0 Å². The third kappa shape index (κ3) is 9.24. The SMILES string of the molecule is Cc1cc(-c2ccccc2)cnc1-c1[c-]cccc1.[Ir+3].[c-]1ccccc1-c1ccccn1.[c-]1ccccc1-c1ccccn1. The molecule has 0 amide bonds. The van der Waals surface area contributed by atoms with Gasteiger partial charge in [-0.1, -0.05) is 66.2 Å². The Hall–Kier alpha value is -5.02. The first-order valence-corrected chi connectivity index (χ1v) is 14.0. The molecule has 4 heteroatoms. The van der Waals surface area contributed by atoms with Crippen molar-refractivity contribution in [2.75, 3.05) is 0 Å². The second-order valence-electron chi connectivity index (χ2n) is 9.51. The number of pyridine rings is 3. The van der Waals surface area contributed by atoms with Gasteiger partial charge >= 0.3 is 20.1 Å². The molecule has 0 N–H and O–H groups in total. The summed E-state index contributed by atoms with van der Waals surface area (Å²) in [6, 6.07) is 57.3. The van der Waals surface area contributed by atoms with E-state index in [1.54, 1.807) is 12.4 Å². The quantitative estimate of drug-likeness (QED) is 0.169. The minimum absolute atomic E-state index is 0. The molecule has 0 bridgehead atoms. The Balaban J connectivity index is 0.000000155. The molecule has 7 rings (SSSR count). The summed E-state index contributed by atoms with van der Waals surface area (Å²) < 4.78 is 0. The van der Waals surface area contributed by atoms with E-state index < -0.39 is 0 Å². The minimum Gasteiger partial charge on any atom is -0.305 e. The Kier molecular flexibility index (Phi) is 12.5. The van der Waals surface area contributed by atoms with Crippen molar-refractivity contribution in [2.45, 2.75) is 6.92 Å². The van der Waals surface area contributed by atoms with Gasteiger partial charge in [-0.3, -0.25) is 0 Å². The standard InChI is InChI=1S/C18H14N.2C11H8N.Ir/c1-14-12-17(15-8-4-2-5-9-15)13-19-18(14)16-10-6-3-7-11-16;2*1-2-6-10(7-3-1)11-8-4-5-9-12-11;/h2-10,12-13H,1H3;2*1-6,8-9H;/q3*-1;+3. The van der Waals surface area contributed by atoms with Crippen LogP contribution in [0.3, 0.4) is 0 Å². The van der Waals surface area contributed by atoms with E-state index in [1.165, 1.54) is 11.1 Å². The first-order chi connectivity index (χ1) is 21.3. The van der Waals surface area contributed by atoms with E-state index in [0.29, 0.717) is 0 Å². The van der Waals surface area contributed by atoms with Crippen LogP contribution in [0, 0.1) is 25.1 Å². The molecule has 214 valence electrons. The summed E-state index contributed by atoms with van der Waals surface area (Å²) in [6.45, 7) is 2.09. The van der Waals surface area contributed by atoms with E-state index in [9.17, 15) is 0 Å². The second kappa shape index (κ2) is 17.2. The summed E-state index contributed by atoms with van der Waals surface area (Å²) in [6.07, 6.45) is 5.50. The van der Waals surface area contributed by atoms with Crippen LogP contribution in [0.15, 0.2) is 164 Å². The third-order valence-electron chi connectivity index (χ3n) is 6.45. The van der Waals surface area contributed by atoms with Gasteiger partial charge in [0.2, 0.25) is 0 Å². The summed E-state index contributed by atoms with van der Waals surface area (Å²) >= 11 is 0. The van der Waals surface area contributed by atoms with Crippen molar-refractivity contribution in [1.82, 2.24) is 15.0 Å². The predicted octanol–water partition coefficient (Wildman–Crippen LogP) is 9.62. The van der Waals surface area contributed by atoms with Crippen molar-refractivity contribution in [3.8, 4) is 44.9 Å². The Labute approximate surface area is 273 Å². The first-order valence-electron chi connectivity index (χ1n) is 14.0. The molecular weight excluding hydrogens is 715 g/mol. The van der Waals surface area contributed by atoms with Crippen molar-refractivity contribution >= 4 is 0 Å². The van der Waals surface area contributed by atoms with Crippen LogP contribution in [0.5, 0.6) is 0 Å². The van der Waals surface area contributed by atoms with Gasteiger partial charge in [0, 0.05) is 18.6 Å². The summed E-state index contributed by atoms with van der Waals surface area (Å²) in [5, 5.41) is 0. The molecule has 0 radical (unpaired) electrons. The molecule has 0 saturated carbocycles. The van der Waals surface area contributed by atoms with Crippen LogP contribution in [-0.2, 0) is 20.1 Å². The van der Waals surface area contributed by atoms with Crippen LogP contribution in [0.25, 0.3) is 44.9 Å². The molecule has 4 aromatic carbocycles. The minimum atomic E-state index is 0. The molecule has 0 spiro atoms. The first kappa shape index (κ1) is 31.9. The van der Waals surface area contributed by atoms with E-state index in [4.69, 9.17) is 0 Å². The van der Waals surface area contributed by atoms with Crippen LogP contribution >= 0.6 is 0 Å². The van der Waals surface area contributed by atoms with Crippen molar-refractivity contribution in [1.29, 1.82) is 0 Å². The molecule has 0 aliphatic heterocycles. The molecule has 3 aromatic heterocycles. The zero-order valence-electron chi connectivity index (χ0n) is 24.3. The van der Waals surface area contributed by atoms with Gasteiger partial charge in [-0.25, -0.2) is 0 Å². The summed E-state index contributed by atoms with van der Waals surface area (Å²) in [7, 11) is 0. The molecule has 0 saturated heterocycles. The van der Waals surface area contributed by atoms with Gasteiger partial charge in [-0.2, -0.15) is 0 Å². The average molecular weight is 745 g/mol. The molecule has 3 nitrogen and oxygen atoms in total. The normalized spacial score (nSPS) is 9.75. The van der Waals surface area contributed by atoms with Gasteiger partial charge in [-0.15, -0.1) is 108 Å². The van der Waals surface area contributed by atoms with E-state index in [2.05, 4.69) is 58.3 Å². The van der Waals surface area contributed by atoms with E-state index in [0.717, 1.165) is 39.3 Å². The Morgan fingerprint density at radius 2 is 0.932 bits per heavy atom. The molecule has 0 atom stereocenters. The number of aromatic nitrogens is 3. The van der Waals surface area contributed by atoms with Crippen LogP contribution in [0.4, 0.5) is 0 Å². The number of benzene rings is 4. The maximum absolute atomic E-state index is 4.59. The Morgan fingerprint density at radius 1 is 0.455 bits per heavy atom. The maximum atomic E-state index is 4.59. The fourth-order valence-electron chi connectivity index (χ4n) is 4.34. The smallest absolute Gasteiger partial charge is 0.305 e. The molecular formula is C40H30IrN3. The predicted molar refractivity (Wildman–Crippen MR) is 176 cm³/mol. The average Bonchev–Trinajstić information content (AvgIpc) is 3.11. The molecule has 0 aliphatic carbocycles. The Morgan fingerprint density at radius 3 is 1.36 bits per heavy atom. The van der Waals surface area contributed by atoms with Gasteiger partial charge in [0.15, 0.2) is 0 Å². The third-order valence-corrected chi connectivity index (χ3v) is 6.45. The monoisotopic (exact) mass is 745 g/mol. The summed E-state index contributed by atoms with van der Waals surface area (Å²) in [4.78, 5) is 13.0. The number of hydrogen-bond acceptors (Lipinski definition) is 3. The molecule has 3 heterocycles. The summed E-state index contributed by atoms with van der Waals surface area (Å²) in [5.41, 5.74) is 9.58. The molecule has 7 aromatic rings. The number of hydrogen-bond donors (Lipinski definition) is 0.